The first-order valence-electron chi connectivity index (χ1n) is 7.06. The lowest BCUT2D eigenvalue weighted by molar-refractivity contribution is 0.170. The number of rotatable bonds is 4. The van der Waals surface area contributed by atoms with E-state index >= 15 is 0 Å². The van der Waals surface area contributed by atoms with Gasteiger partial charge < -0.3 is 9.84 Å². The summed E-state index contributed by atoms with van der Waals surface area (Å²) in [5.74, 6) is 1.62. The zero-order valence-electron chi connectivity index (χ0n) is 12.6. The molecule has 2 aromatic rings. The molecule has 0 heterocycles. The number of aliphatic hydroxyl groups excluding tert-OH is 1. The lowest BCUT2D eigenvalue weighted by Crippen LogP contribution is -2.00. The molecule has 2 nitrogen and oxygen atoms in total. The van der Waals surface area contributed by atoms with E-state index in [0.29, 0.717) is 6.42 Å². The monoisotopic (exact) mass is 270 g/mol. The van der Waals surface area contributed by atoms with Crippen molar-refractivity contribution in [2.24, 2.45) is 0 Å². The molecule has 0 fully saturated rings. The Hall–Kier alpha value is -1.80. The highest BCUT2D eigenvalue weighted by Crippen LogP contribution is 2.35. The van der Waals surface area contributed by atoms with Gasteiger partial charge in [-0.05, 0) is 49.9 Å². The van der Waals surface area contributed by atoms with E-state index in [2.05, 4.69) is 26.0 Å². The van der Waals surface area contributed by atoms with Gasteiger partial charge in [0.1, 0.15) is 11.5 Å². The molecule has 0 aliphatic rings. The fourth-order valence-electron chi connectivity index (χ4n) is 2.26. The minimum atomic E-state index is -0.489. The molecule has 2 heteroatoms. The molecule has 20 heavy (non-hydrogen) atoms. The lowest BCUT2D eigenvalue weighted by atomic mass is 10.0. The predicted octanol–water partition coefficient (Wildman–Crippen LogP) is 4.85. The van der Waals surface area contributed by atoms with Crippen molar-refractivity contribution in [3.8, 4) is 11.5 Å². The average Bonchev–Trinajstić information content (AvgIpc) is 2.47. The molecule has 2 rings (SSSR count). The van der Waals surface area contributed by atoms with E-state index in [9.17, 15) is 5.11 Å². The van der Waals surface area contributed by atoms with Crippen LogP contribution in [0.4, 0.5) is 0 Å². The highest BCUT2D eigenvalue weighted by atomic mass is 16.5. The Bertz CT molecular complexity index is 602. The van der Waals surface area contributed by atoms with Gasteiger partial charge in [0.25, 0.3) is 0 Å². The van der Waals surface area contributed by atoms with Gasteiger partial charge in [-0.25, -0.2) is 0 Å². The molecule has 0 saturated heterocycles. The van der Waals surface area contributed by atoms with Crippen LogP contribution in [-0.2, 0) is 0 Å². The van der Waals surface area contributed by atoms with Crippen LogP contribution in [0.1, 0.15) is 41.7 Å². The molecule has 0 spiro atoms. The van der Waals surface area contributed by atoms with Gasteiger partial charge in [-0.2, -0.15) is 0 Å². The van der Waals surface area contributed by atoms with Crippen molar-refractivity contribution in [1.29, 1.82) is 0 Å². The second kappa shape index (κ2) is 6.10. The first-order valence-corrected chi connectivity index (χ1v) is 7.06. The van der Waals surface area contributed by atoms with Crippen molar-refractivity contribution in [2.45, 2.75) is 40.2 Å². The predicted molar refractivity (Wildman–Crippen MR) is 82.4 cm³/mol. The van der Waals surface area contributed by atoms with E-state index in [0.717, 1.165) is 28.2 Å². The smallest absolute Gasteiger partial charge is 0.133 e. The number of hydrogen-bond acceptors (Lipinski definition) is 2. The van der Waals surface area contributed by atoms with Crippen molar-refractivity contribution >= 4 is 0 Å². The van der Waals surface area contributed by atoms with Crippen LogP contribution in [0.2, 0.25) is 0 Å². The van der Waals surface area contributed by atoms with Crippen molar-refractivity contribution in [2.75, 3.05) is 0 Å². The fraction of sp³-hybridized carbons (Fsp3) is 0.333. The van der Waals surface area contributed by atoms with Gasteiger partial charge in [0.2, 0.25) is 0 Å². The van der Waals surface area contributed by atoms with Gasteiger partial charge in [-0.3, -0.25) is 0 Å². The van der Waals surface area contributed by atoms with Gasteiger partial charge in [-0.1, -0.05) is 37.3 Å². The Morgan fingerprint density at radius 2 is 1.65 bits per heavy atom. The van der Waals surface area contributed by atoms with Crippen LogP contribution < -0.4 is 4.74 Å². The molecule has 0 saturated carbocycles. The van der Waals surface area contributed by atoms with Crippen molar-refractivity contribution in [3.05, 3.63) is 58.7 Å². The van der Waals surface area contributed by atoms with Gasteiger partial charge in [0.15, 0.2) is 0 Å². The van der Waals surface area contributed by atoms with Crippen LogP contribution in [0.3, 0.4) is 0 Å². The number of aryl methyl sites for hydroxylation is 2. The topological polar surface area (TPSA) is 29.5 Å². The van der Waals surface area contributed by atoms with Gasteiger partial charge in [0, 0.05) is 5.56 Å². The summed E-state index contributed by atoms with van der Waals surface area (Å²) in [4.78, 5) is 0. The number of benzene rings is 2. The maximum absolute atomic E-state index is 10.1. The standard InChI is InChI=1S/C18H22O2/c1-5-16(19)15-8-6-7-9-17(15)20-18-13(3)11-10-12(2)14(18)4/h6-11,16,19H,5H2,1-4H3. The summed E-state index contributed by atoms with van der Waals surface area (Å²) in [5.41, 5.74) is 4.30. The minimum absolute atomic E-state index is 0.489. The molecule has 0 aromatic heterocycles. The zero-order chi connectivity index (χ0) is 14.7. The third kappa shape index (κ3) is 2.86. The summed E-state index contributed by atoms with van der Waals surface area (Å²) in [6.45, 7) is 8.15. The first kappa shape index (κ1) is 14.6. The molecule has 0 radical (unpaired) electrons. The second-order valence-electron chi connectivity index (χ2n) is 5.22. The number of hydrogen-bond donors (Lipinski definition) is 1. The summed E-state index contributed by atoms with van der Waals surface area (Å²) in [5, 5.41) is 10.1. The maximum Gasteiger partial charge on any atom is 0.133 e. The molecule has 1 N–H and O–H groups in total. The van der Waals surface area contributed by atoms with E-state index in [1.165, 1.54) is 5.56 Å². The Balaban J connectivity index is 2.43. The molecular formula is C18H22O2. The van der Waals surface area contributed by atoms with Crippen LogP contribution in [0.15, 0.2) is 36.4 Å². The third-order valence-corrected chi connectivity index (χ3v) is 3.75. The molecule has 0 bridgehead atoms. The highest BCUT2D eigenvalue weighted by molar-refractivity contribution is 5.48. The fourth-order valence-corrected chi connectivity index (χ4v) is 2.26. The highest BCUT2D eigenvalue weighted by Gasteiger charge is 2.14. The SMILES string of the molecule is CCC(O)c1ccccc1Oc1c(C)ccc(C)c1C. The van der Waals surface area contributed by atoms with Crippen molar-refractivity contribution in [1.82, 2.24) is 0 Å². The van der Waals surface area contributed by atoms with Crippen molar-refractivity contribution in [3.63, 3.8) is 0 Å². The van der Waals surface area contributed by atoms with Crippen LogP contribution in [0.5, 0.6) is 11.5 Å². The zero-order valence-corrected chi connectivity index (χ0v) is 12.6. The summed E-state index contributed by atoms with van der Waals surface area (Å²) in [7, 11) is 0. The average molecular weight is 270 g/mol. The summed E-state index contributed by atoms with van der Waals surface area (Å²) in [6.07, 6.45) is 0.184. The third-order valence-electron chi connectivity index (χ3n) is 3.75. The maximum atomic E-state index is 10.1. The molecular weight excluding hydrogens is 248 g/mol. The summed E-state index contributed by atoms with van der Waals surface area (Å²) in [6, 6.07) is 11.9. The van der Waals surface area contributed by atoms with E-state index in [1.807, 2.05) is 38.1 Å². The van der Waals surface area contributed by atoms with Crippen LogP contribution in [-0.4, -0.2) is 5.11 Å². The molecule has 106 valence electrons. The lowest BCUT2D eigenvalue weighted by Gasteiger charge is -2.18. The minimum Gasteiger partial charge on any atom is -0.456 e. The Labute approximate surface area is 121 Å². The largest absolute Gasteiger partial charge is 0.456 e. The second-order valence-corrected chi connectivity index (χ2v) is 5.22. The molecule has 1 unspecified atom stereocenters. The number of ether oxygens (including phenoxy) is 1. The van der Waals surface area contributed by atoms with Gasteiger partial charge in [-0.15, -0.1) is 0 Å². The molecule has 0 aliphatic carbocycles. The van der Waals surface area contributed by atoms with E-state index in [1.54, 1.807) is 0 Å². The Morgan fingerprint density at radius 1 is 1.00 bits per heavy atom. The molecule has 0 aliphatic heterocycles. The van der Waals surface area contributed by atoms with Crippen LogP contribution in [0, 0.1) is 20.8 Å². The Morgan fingerprint density at radius 3 is 2.35 bits per heavy atom. The van der Waals surface area contributed by atoms with Crippen molar-refractivity contribution < 1.29 is 9.84 Å². The molecule has 1 atom stereocenters. The quantitative estimate of drug-likeness (QED) is 0.860. The van der Waals surface area contributed by atoms with Gasteiger partial charge >= 0.3 is 0 Å². The molecule has 2 aromatic carbocycles. The van der Waals surface area contributed by atoms with Crippen LogP contribution in [0.25, 0.3) is 0 Å². The Kier molecular flexibility index (Phi) is 4.46. The van der Waals surface area contributed by atoms with E-state index in [4.69, 9.17) is 4.74 Å². The van der Waals surface area contributed by atoms with E-state index < -0.39 is 6.10 Å². The van der Waals surface area contributed by atoms with Gasteiger partial charge in [0.05, 0.1) is 6.10 Å². The summed E-state index contributed by atoms with van der Waals surface area (Å²) < 4.78 is 6.11. The normalized spacial score (nSPS) is 12.2. The number of aliphatic hydroxyl groups is 1. The van der Waals surface area contributed by atoms with Crippen LogP contribution >= 0.6 is 0 Å². The molecule has 0 amide bonds. The number of para-hydroxylation sites is 1. The summed E-state index contributed by atoms with van der Waals surface area (Å²) >= 11 is 0. The first-order chi connectivity index (χ1) is 9.54. The van der Waals surface area contributed by atoms with E-state index in [-0.39, 0.29) is 0 Å².